The standard InChI is InChI=1S/C12H16O4/c13-11(14)9-3-1-7-5-10(12(15)16)4-2-8(7)6-9/h9-10H,1-6H2,(H,13,14)(H,15,16). The maximum atomic E-state index is 10.9. The minimum atomic E-state index is -0.716. The fraction of sp³-hybridized carbons (Fsp3) is 0.667. The fourth-order valence-electron chi connectivity index (χ4n) is 2.76. The second-order valence-corrected chi connectivity index (χ2v) is 4.76. The zero-order valence-corrected chi connectivity index (χ0v) is 9.11. The minimum absolute atomic E-state index is 0.250. The van der Waals surface area contributed by atoms with Gasteiger partial charge in [0.05, 0.1) is 11.8 Å². The first-order valence-corrected chi connectivity index (χ1v) is 5.73. The molecule has 4 heteroatoms. The van der Waals surface area contributed by atoms with Crippen LogP contribution in [0.5, 0.6) is 0 Å². The van der Waals surface area contributed by atoms with Gasteiger partial charge in [0.1, 0.15) is 0 Å². The summed E-state index contributed by atoms with van der Waals surface area (Å²) in [5.41, 5.74) is 2.44. The highest BCUT2D eigenvalue weighted by atomic mass is 16.4. The van der Waals surface area contributed by atoms with Crippen molar-refractivity contribution in [3.63, 3.8) is 0 Å². The highest BCUT2D eigenvalue weighted by Crippen LogP contribution is 2.40. The van der Waals surface area contributed by atoms with E-state index in [1.54, 1.807) is 0 Å². The first kappa shape index (κ1) is 11.2. The Labute approximate surface area is 94.0 Å². The average molecular weight is 224 g/mol. The Bertz CT molecular complexity index is 322. The van der Waals surface area contributed by atoms with Crippen molar-refractivity contribution in [2.75, 3.05) is 0 Å². The van der Waals surface area contributed by atoms with Gasteiger partial charge in [-0.1, -0.05) is 11.1 Å². The van der Waals surface area contributed by atoms with Crippen LogP contribution in [0.15, 0.2) is 11.1 Å². The zero-order valence-electron chi connectivity index (χ0n) is 9.11. The molecule has 2 unspecified atom stereocenters. The molecule has 0 aromatic carbocycles. The van der Waals surface area contributed by atoms with Gasteiger partial charge in [0, 0.05) is 0 Å². The van der Waals surface area contributed by atoms with Crippen LogP contribution in [0.3, 0.4) is 0 Å². The van der Waals surface area contributed by atoms with E-state index in [9.17, 15) is 9.59 Å². The number of hydrogen-bond acceptors (Lipinski definition) is 2. The van der Waals surface area contributed by atoms with Gasteiger partial charge in [0.15, 0.2) is 0 Å². The highest BCUT2D eigenvalue weighted by Gasteiger charge is 2.32. The molecule has 0 saturated carbocycles. The molecule has 0 aliphatic heterocycles. The summed E-state index contributed by atoms with van der Waals surface area (Å²) in [6, 6.07) is 0. The Balaban J connectivity index is 2.07. The third-order valence-corrected chi connectivity index (χ3v) is 3.77. The summed E-state index contributed by atoms with van der Waals surface area (Å²) in [7, 11) is 0. The summed E-state index contributed by atoms with van der Waals surface area (Å²) in [5.74, 6) is -1.93. The van der Waals surface area contributed by atoms with Crippen molar-refractivity contribution in [1.82, 2.24) is 0 Å². The van der Waals surface area contributed by atoms with Crippen LogP contribution >= 0.6 is 0 Å². The molecule has 0 radical (unpaired) electrons. The summed E-state index contributed by atoms with van der Waals surface area (Å²) < 4.78 is 0. The Kier molecular flexibility index (Phi) is 2.99. The summed E-state index contributed by atoms with van der Waals surface area (Å²) in [4.78, 5) is 21.8. The van der Waals surface area contributed by atoms with E-state index < -0.39 is 11.9 Å². The second-order valence-electron chi connectivity index (χ2n) is 4.76. The molecule has 16 heavy (non-hydrogen) atoms. The molecule has 0 bridgehead atoms. The molecule has 2 aliphatic rings. The number of carboxylic acids is 2. The van der Waals surface area contributed by atoms with E-state index in [0.29, 0.717) is 25.7 Å². The Morgan fingerprint density at radius 1 is 0.875 bits per heavy atom. The van der Waals surface area contributed by atoms with E-state index in [-0.39, 0.29) is 11.8 Å². The van der Waals surface area contributed by atoms with Crippen LogP contribution in [0.2, 0.25) is 0 Å². The van der Waals surface area contributed by atoms with Gasteiger partial charge in [-0.05, 0) is 38.5 Å². The van der Waals surface area contributed by atoms with E-state index in [0.717, 1.165) is 12.8 Å². The van der Waals surface area contributed by atoms with E-state index in [1.807, 2.05) is 0 Å². The van der Waals surface area contributed by atoms with E-state index in [4.69, 9.17) is 10.2 Å². The van der Waals surface area contributed by atoms with Crippen molar-refractivity contribution in [3.05, 3.63) is 11.1 Å². The van der Waals surface area contributed by atoms with Gasteiger partial charge >= 0.3 is 11.9 Å². The van der Waals surface area contributed by atoms with E-state index >= 15 is 0 Å². The first-order valence-electron chi connectivity index (χ1n) is 5.73. The Morgan fingerprint density at radius 3 is 1.56 bits per heavy atom. The number of hydrogen-bond donors (Lipinski definition) is 2. The predicted octanol–water partition coefficient (Wildman–Crippen LogP) is 2.05. The molecular formula is C12H16O4. The molecule has 0 saturated heterocycles. The normalized spacial score (nSPS) is 29.8. The van der Waals surface area contributed by atoms with Gasteiger partial charge in [0.25, 0.3) is 0 Å². The molecule has 2 atom stereocenters. The van der Waals surface area contributed by atoms with Gasteiger partial charge < -0.3 is 10.2 Å². The van der Waals surface area contributed by atoms with Crippen molar-refractivity contribution in [3.8, 4) is 0 Å². The molecule has 0 aromatic heterocycles. The molecule has 4 nitrogen and oxygen atoms in total. The highest BCUT2D eigenvalue weighted by molar-refractivity contribution is 5.72. The van der Waals surface area contributed by atoms with Gasteiger partial charge in [-0.25, -0.2) is 0 Å². The van der Waals surface area contributed by atoms with E-state index in [2.05, 4.69) is 0 Å². The lowest BCUT2D eigenvalue weighted by atomic mass is 9.74. The van der Waals surface area contributed by atoms with Crippen LogP contribution in [0.1, 0.15) is 38.5 Å². The van der Waals surface area contributed by atoms with Crippen LogP contribution in [0, 0.1) is 11.8 Å². The van der Waals surface area contributed by atoms with Crippen molar-refractivity contribution >= 4 is 11.9 Å². The Morgan fingerprint density at radius 2 is 1.25 bits per heavy atom. The molecule has 0 spiro atoms. The molecule has 2 aliphatic carbocycles. The lowest BCUT2D eigenvalue weighted by Crippen LogP contribution is -2.25. The lowest BCUT2D eigenvalue weighted by molar-refractivity contribution is -0.143. The maximum absolute atomic E-state index is 10.9. The van der Waals surface area contributed by atoms with Gasteiger partial charge in [-0.15, -0.1) is 0 Å². The van der Waals surface area contributed by atoms with Crippen molar-refractivity contribution in [2.24, 2.45) is 11.8 Å². The van der Waals surface area contributed by atoms with Crippen LogP contribution in [-0.2, 0) is 9.59 Å². The molecule has 2 rings (SSSR count). The monoisotopic (exact) mass is 224 g/mol. The first-order chi connectivity index (χ1) is 7.58. The van der Waals surface area contributed by atoms with Crippen molar-refractivity contribution in [2.45, 2.75) is 38.5 Å². The van der Waals surface area contributed by atoms with Crippen LogP contribution < -0.4 is 0 Å². The van der Waals surface area contributed by atoms with Crippen LogP contribution in [0.4, 0.5) is 0 Å². The molecule has 0 fully saturated rings. The predicted molar refractivity (Wildman–Crippen MR) is 57.0 cm³/mol. The number of rotatable bonds is 2. The molecule has 0 aromatic rings. The average Bonchev–Trinajstić information content (AvgIpc) is 2.27. The molecular weight excluding hydrogens is 208 g/mol. The molecule has 88 valence electrons. The second kappa shape index (κ2) is 4.28. The van der Waals surface area contributed by atoms with Crippen LogP contribution in [-0.4, -0.2) is 22.2 Å². The summed E-state index contributed by atoms with van der Waals surface area (Å²) in [6.45, 7) is 0. The summed E-state index contributed by atoms with van der Waals surface area (Å²) in [5, 5.41) is 17.9. The smallest absolute Gasteiger partial charge is 0.306 e. The third-order valence-electron chi connectivity index (χ3n) is 3.77. The lowest BCUT2D eigenvalue weighted by Gasteiger charge is -2.31. The van der Waals surface area contributed by atoms with Crippen molar-refractivity contribution in [1.29, 1.82) is 0 Å². The number of carbonyl (C=O) groups is 2. The molecule has 2 N–H and O–H groups in total. The third kappa shape index (κ3) is 2.10. The van der Waals surface area contributed by atoms with Crippen molar-refractivity contribution < 1.29 is 19.8 Å². The number of aliphatic carboxylic acids is 2. The summed E-state index contributed by atoms with van der Waals surface area (Å²) >= 11 is 0. The van der Waals surface area contributed by atoms with Gasteiger partial charge in [-0.3, -0.25) is 9.59 Å². The van der Waals surface area contributed by atoms with E-state index in [1.165, 1.54) is 11.1 Å². The molecule has 0 amide bonds. The SMILES string of the molecule is O=C(O)C1CCC2=C(CCC(C(=O)O)C2)C1. The fourth-order valence-corrected chi connectivity index (χ4v) is 2.76. The Hall–Kier alpha value is -1.32. The van der Waals surface area contributed by atoms with Gasteiger partial charge in [-0.2, -0.15) is 0 Å². The quantitative estimate of drug-likeness (QED) is 0.704. The topological polar surface area (TPSA) is 74.6 Å². The number of carboxylic acid groups (broad SMARTS) is 2. The van der Waals surface area contributed by atoms with Crippen LogP contribution in [0.25, 0.3) is 0 Å². The maximum Gasteiger partial charge on any atom is 0.306 e. The zero-order chi connectivity index (χ0) is 11.7. The molecule has 0 heterocycles. The minimum Gasteiger partial charge on any atom is -0.481 e. The summed E-state index contributed by atoms with van der Waals surface area (Å²) in [6.07, 6.45) is 4.15. The van der Waals surface area contributed by atoms with Gasteiger partial charge in [0.2, 0.25) is 0 Å². The largest absolute Gasteiger partial charge is 0.481 e. The number of allylic oxidation sites excluding steroid dienone is 2.